The zero-order valence-corrected chi connectivity index (χ0v) is 7.38. The third kappa shape index (κ3) is 3.37. The van der Waals surface area contributed by atoms with Crippen LogP contribution in [0.4, 0.5) is 0 Å². The molecule has 0 bridgehead atoms. The molecular weight excluding hydrogens is 170 g/mol. The van der Waals surface area contributed by atoms with Crippen molar-refractivity contribution in [3.05, 3.63) is 35.9 Å². The Labute approximate surface area is 75.8 Å². The first-order valence-electron chi connectivity index (χ1n) is 3.66. The zero-order chi connectivity index (χ0) is 8.65. The van der Waals surface area contributed by atoms with E-state index in [1.165, 1.54) is 23.6 Å². The van der Waals surface area contributed by atoms with E-state index >= 15 is 0 Å². The molecule has 0 aromatic heterocycles. The molecule has 0 radical (unpaired) electrons. The first kappa shape index (κ1) is 9.04. The quantitative estimate of drug-likeness (QED) is 0.307. The second-order valence-electron chi connectivity index (χ2n) is 2.25. The highest BCUT2D eigenvalue weighted by atomic mass is 32.2. The summed E-state index contributed by atoms with van der Waals surface area (Å²) in [6.45, 7) is 0. The Hall–Kier alpha value is -1.05. The Kier molecular flexibility index (Phi) is 4.21. The van der Waals surface area contributed by atoms with Crippen LogP contribution in [0, 0.1) is 0 Å². The lowest BCUT2D eigenvalue weighted by atomic mass is 10.2. The standard InChI is InChI=1S/C9H9NOS/c11-8-10-12-7-6-9-4-2-1-3-5-9/h1-5H,6-7H2. The Morgan fingerprint density at radius 2 is 2.08 bits per heavy atom. The number of benzene rings is 1. The molecular formula is C9H9NOS. The maximum atomic E-state index is 9.70. The molecule has 0 aliphatic rings. The van der Waals surface area contributed by atoms with Gasteiger partial charge in [0.2, 0.25) is 6.08 Å². The lowest BCUT2D eigenvalue weighted by molar-refractivity contribution is 0.566. The van der Waals surface area contributed by atoms with Crippen LogP contribution in [0.5, 0.6) is 0 Å². The van der Waals surface area contributed by atoms with Gasteiger partial charge < -0.3 is 0 Å². The highest BCUT2D eigenvalue weighted by Crippen LogP contribution is 2.06. The van der Waals surface area contributed by atoms with Crippen molar-refractivity contribution in [3.8, 4) is 0 Å². The molecule has 1 aromatic carbocycles. The van der Waals surface area contributed by atoms with Gasteiger partial charge in [0.15, 0.2) is 0 Å². The molecule has 3 heteroatoms. The molecule has 0 amide bonds. The van der Waals surface area contributed by atoms with Gasteiger partial charge >= 0.3 is 0 Å². The Morgan fingerprint density at radius 1 is 1.33 bits per heavy atom. The highest BCUT2D eigenvalue weighted by Gasteiger charge is 1.90. The average Bonchev–Trinajstić information content (AvgIpc) is 2.14. The molecule has 0 saturated heterocycles. The van der Waals surface area contributed by atoms with Gasteiger partial charge in [0, 0.05) is 5.75 Å². The van der Waals surface area contributed by atoms with Crippen LogP contribution in [0.25, 0.3) is 0 Å². The maximum absolute atomic E-state index is 9.70. The molecule has 1 rings (SSSR count). The molecule has 0 atom stereocenters. The van der Waals surface area contributed by atoms with Crippen molar-refractivity contribution in [2.24, 2.45) is 4.40 Å². The van der Waals surface area contributed by atoms with Crippen molar-refractivity contribution in [2.75, 3.05) is 5.75 Å². The lowest BCUT2D eigenvalue weighted by Gasteiger charge is -1.95. The van der Waals surface area contributed by atoms with E-state index in [9.17, 15) is 4.79 Å². The summed E-state index contributed by atoms with van der Waals surface area (Å²) in [6.07, 6.45) is 2.43. The van der Waals surface area contributed by atoms with Gasteiger partial charge in [-0.25, -0.2) is 4.79 Å². The topological polar surface area (TPSA) is 29.4 Å². The molecule has 0 unspecified atom stereocenters. The van der Waals surface area contributed by atoms with E-state index < -0.39 is 0 Å². The largest absolute Gasteiger partial charge is 0.247 e. The van der Waals surface area contributed by atoms with E-state index in [2.05, 4.69) is 16.5 Å². The van der Waals surface area contributed by atoms with Crippen molar-refractivity contribution >= 4 is 18.0 Å². The first-order valence-corrected chi connectivity index (χ1v) is 4.61. The van der Waals surface area contributed by atoms with Gasteiger partial charge in [0.05, 0.1) is 0 Å². The summed E-state index contributed by atoms with van der Waals surface area (Å²) >= 11 is 1.25. The van der Waals surface area contributed by atoms with E-state index in [-0.39, 0.29) is 0 Å². The van der Waals surface area contributed by atoms with Crippen molar-refractivity contribution in [3.63, 3.8) is 0 Å². The van der Waals surface area contributed by atoms with E-state index in [1.54, 1.807) is 0 Å². The fourth-order valence-electron chi connectivity index (χ4n) is 0.880. The predicted molar refractivity (Wildman–Crippen MR) is 50.7 cm³/mol. The summed E-state index contributed by atoms with van der Waals surface area (Å²) in [4.78, 5) is 9.70. The Balaban J connectivity index is 2.29. The maximum Gasteiger partial charge on any atom is 0.247 e. The van der Waals surface area contributed by atoms with Crippen molar-refractivity contribution in [1.29, 1.82) is 0 Å². The average molecular weight is 179 g/mol. The third-order valence-electron chi connectivity index (χ3n) is 1.43. The van der Waals surface area contributed by atoms with Crippen LogP contribution < -0.4 is 0 Å². The summed E-state index contributed by atoms with van der Waals surface area (Å²) in [5.41, 5.74) is 1.27. The molecule has 0 fully saturated rings. The summed E-state index contributed by atoms with van der Waals surface area (Å²) in [6, 6.07) is 10.1. The fraction of sp³-hybridized carbons (Fsp3) is 0.222. The van der Waals surface area contributed by atoms with Gasteiger partial charge in [-0.1, -0.05) is 30.3 Å². The molecule has 2 nitrogen and oxygen atoms in total. The molecule has 0 heterocycles. The van der Waals surface area contributed by atoms with Gasteiger partial charge in [0.1, 0.15) is 0 Å². The molecule has 0 spiro atoms. The molecule has 1 aromatic rings. The van der Waals surface area contributed by atoms with Crippen LogP contribution in [0.15, 0.2) is 34.7 Å². The van der Waals surface area contributed by atoms with Crippen LogP contribution in [0.1, 0.15) is 5.56 Å². The molecule has 12 heavy (non-hydrogen) atoms. The highest BCUT2D eigenvalue weighted by molar-refractivity contribution is 7.98. The number of rotatable bonds is 4. The number of carbonyl (C=O) groups excluding carboxylic acids is 1. The first-order chi connectivity index (χ1) is 5.93. The number of hydrogen-bond acceptors (Lipinski definition) is 3. The van der Waals surface area contributed by atoms with E-state index in [1.807, 2.05) is 18.2 Å². The summed E-state index contributed by atoms with van der Waals surface area (Å²) in [5, 5.41) is 0. The molecule has 62 valence electrons. The van der Waals surface area contributed by atoms with E-state index in [0.29, 0.717) is 0 Å². The van der Waals surface area contributed by atoms with Crippen LogP contribution >= 0.6 is 11.9 Å². The van der Waals surface area contributed by atoms with Gasteiger partial charge in [0.25, 0.3) is 0 Å². The zero-order valence-electron chi connectivity index (χ0n) is 6.56. The Bertz CT molecular complexity index is 267. The molecule has 0 saturated carbocycles. The molecule has 0 N–H and O–H groups in total. The SMILES string of the molecule is O=C=NSCCc1ccccc1. The minimum Gasteiger partial charge on any atom is -0.210 e. The molecule has 0 aliphatic carbocycles. The van der Waals surface area contributed by atoms with Crippen molar-refractivity contribution in [2.45, 2.75) is 6.42 Å². The van der Waals surface area contributed by atoms with Crippen LogP contribution in [-0.4, -0.2) is 11.8 Å². The van der Waals surface area contributed by atoms with Gasteiger partial charge in [-0.2, -0.15) is 0 Å². The number of nitrogens with zero attached hydrogens (tertiary/aromatic N) is 1. The monoisotopic (exact) mass is 179 g/mol. The molecule has 0 aliphatic heterocycles. The Morgan fingerprint density at radius 3 is 2.75 bits per heavy atom. The number of hydrogen-bond donors (Lipinski definition) is 0. The van der Waals surface area contributed by atoms with Gasteiger partial charge in [-0.15, -0.1) is 4.40 Å². The smallest absolute Gasteiger partial charge is 0.210 e. The van der Waals surface area contributed by atoms with Crippen LogP contribution in [0.3, 0.4) is 0 Å². The van der Waals surface area contributed by atoms with E-state index in [4.69, 9.17) is 0 Å². The second-order valence-corrected chi connectivity index (χ2v) is 3.10. The predicted octanol–water partition coefficient (Wildman–Crippen LogP) is 2.21. The number of aryl methyl sites for hydroxylation is 1. The second kappa shape index (κ2) is 5.58. The summed E-state index contributed by atoms with van der Waals surface area (Å²) in [5.74, 6) is 0.833. The lowest BCUT2D eigenvalue weighted by Crippen LogP contribution is -1.85. The van der Waals surface area contributed by atoms with E-state index in [0.717, 1.165) is 12.2 Å². The minimum absolute atomic E-state index is 0.833. The minimum atomic E-state index is 0.833. The fourth-order valence-corrected chi connectivity index (χ4v) is 1.35. The third-order valence-corrected chi connectivity index (χ3v) is 2.02. The van der Waals surface area contributed by atoms with Crippen LogP contribution in [0.2, 0.25) is 0 Å². The van der Waals surface area contributed by atoms with Crippen molar-refractivity contribution < 1.29 is 4.79 Å². The summed E-state index contributed by atoms with van der Waals surface area (Å²) < 4.78 is 3.40. The summed E-state index contributed by atoms with van der Waals surface area (Å²) in [7, 11) is 0. The normalized spacial score (nSPS) is 9.00. The number of isocyanates is 1. The van der Waals surface area contributed by atoms with Crippen LogP contribution in [-0.2, 0) is 11.2 Å². The van der Waals surface area contributed by atoms with Crippen molar-refractivity contribution in [1.82, 2.24) is 0 Å². The van der Waals surface area contributed by atoms with Gasteiger partial charge in [-0.3, -0.25) is 0 Å². The van der Waals surface area contributed by atoms with Gasteiger partial charge in [-0.05, 0) is 23.9 Å².